The Morgan fingerprint density at radius 3 is 2.81 bits per heavy atom. The number of rotatable bonds is 6. The van der Waals surface area contributed by atoms with E-state index in [1.54, 1.807) is 29.7 Å². The van der Waals surface area contributed by atoms with E-state index in [0.717, 1.165) is 22.2 Å². The molecule has 0 saturated heterocycles. The first-order valence-electron chi connectivity index (χ1n) is 10.0. The van der Waals surface area contributed by atoms with Crippen molar-refractivity contribution in [1.29, 1.82) is 0 Å². The number of hydrogen-bond donors (Lipinski definition) is 0. The standard InChI is InChI=1S/C23H22N2O5S/c1-3-15-5-8-17-20(12-15)31-23(25(17)13-22(27)28-4-2)24-21(26)10-7-16-6-9-18-19(11-16)30-14-29-18/h5-12H,3-4,13-14H2,1-2H3. The minimum Gasteiger partial charge on any atom is -0.465 e. The number of carbonyl (C=O) groups excluding carboxylic acids is 2. The molecule has 4 rings (SSSR count). The van der Waals surface area contributed by atoms with Crippen molar-refractivity contribution in [2.75, 3.05) is 13.4 Å². The topological polar surface area (TPSA) is 79.1 Å². The molecule has 160 valence electrons. The number of ether oxygens (including phenoxy) is 3. The Morgan fingerprint density at radius 2 is 2.00 bits per heavy atom. The van der Waals surface area contributed by atoms with E-state index < -0.39 is 5.91 Å². The van der Waals surface area contributed by atoms with Crippen molar-refractivity contribution in [3.05, 3.63) is 58.4 Å². The van der Waals surface area contributed by atoms with Crippen molar-refractivity contribution in [1.82, 2.24) is 4.57 Å². The minimum absolute atomic E-state index is 0.00268. The second-order valence-corrected chi connectivity index (χ2v) is 7.84. The fourth-order valence-electron chi connectivity index (χ4n) is 3.23. The molecule has 3 aromatic rings. The number of benzene rings is 2. The van der Waals surface area contributed by atoms with Gasteiger partial charge in [0.2, 0.25) is 6.79 Å². The maximum atomic E-state index is 12.6. The second kappa shape index (κ2) is 9.18. The lowest BCUT2D eigenvalue weighted by Crippen LogP contribution is -2.22. The van der Waals surface area contributed by atoms with Crippen molar-refractivity contribution >= 4 is 39.5 Å². The van der Waals surface area contributed by atoms with Crippen molar-refractivity contribution in [2.24, 2.45) is 4.99 Å². The molecule has 8 heteroatoms. The third-order valence-electron chi connectivity index (χ3n) is 4.77. The summed E-state index contributed by atoms with van der Waals surface area (Å²) in [5.74, 6) is 0.545. The van der Waals surface area contributed by atoms with Crippen LogP contribution in [0.3, 0.4) is 0 Å². The van der Waals surface area contributed by atoms with Gasteiger partial charge in [0, 0.05) is 6.08 Å². The summed E-state index contributed by atoms with van der Waals surface area (Å²) in [6, 6.07) is 11.5. The first kappa shape index (κ1) is 20.9. The van der Waals surface area contributed by atoms with Gasteiger partial charge in [-0.15, -0.1) is 0 Å². The van der Waals surface area contributed by atoms with Gasteiger partial charge in [0.25, 0.3) is 5.91 Å². The van der Waals surface area contributed by atoms with Crippen molar-refractivity contribution in [2.45, 2.75) is 26.8 Å². The van der Waals surface area contributed by atoms with Crippen LogP contribution in [0.4, 0.5) is 0 Å². The number of aromatic nitrogens is 1. The summed E-state index contributed by atoms with van der Waals surface area (Å²) in [5, 5.41) is 0. The van der Waals surface area contributed by atoms with Gasteiger partial charge in [0.15, 0.2) is 16.3 Å². The van der Waals surface area contributed by atoms with Gasteiger partial charge >= 0.3 is 5.97 Å². The average Bonchev–Trinajstić information content (AvgIpc) is 3.36. The number of fused-ring (bicyclic) bond motifs is 2. The third kappa shape index (κ3) is 4.69. The average molecular weight is 439 g/mol. The molecule has 1 aromatic heterocycles. The number of thiazole rings is 1. The molecule has 0 aliphatic carbocycles. The second-order valence-electron chi connectivity index (χ2n) is 6.83. The van der Waals surface area contributed by atoms with E-state index >= 15 is 0 Å². The number of hydrogen-bond acceptors (Lipinski definition) is 6. The molecular weight excluding hydrogens is 416 g/mol. The Bertz CT molecular complexity index is 1240. The Hall–Kier alpha value is -3.39. The van der Waals surface area contributed by atoms with Crippen LogP contribution in [-0.4, -0.2) is 29.8 Å². The van der Waals surface area contributed by atoms with Crippen LogP contribution in [0.15, 0.2) is 47.5 Å². The highest BCUT2D eigenvalue weighted by Gasteiger charge is 2.13. The van der Waals surface area contributed by atoms with Gasteiger partial charge in [-0.2, -0.15) is 4.99 Å². The van der Waals surface area contributed by atoms with E-state index in [9.17, 15) is 9.59 Å². The SMILES string of the molecule is CCOC(=O)Cn1c(=NC(=O)C=Cc2ccc3c(c2)OCO3)sc2cc(CC)ccc21. The molecule has 2 heterocycles. The normalized spacial score (nSPS) is 13.3. The predicted octanol–water partition coefficient (Wildman–Crippen LogP) is 3.70. The summed E-state index contributed by atoms with van der Waals surface area (Å²) in [5.41, 5.74) is 2.83. The molecule has 0 N–H and O–H groups in total. The summed E-state index contributed by atoms with van der Waals surface area (Å²) in [4.78, 5) is 29.4. The molecule has 0 atom stereocenters. The number of amides is 1. The van der Waals surface area contributed by atoms with Gasteiger partial charge in [0.05, 0.1) is 16.8 Å². The highest BCUT2D eigenvalue weighted by molar-refractivity contribution is 7.16. The van der Waals surface area contributed by atoms with Crippen LogP contribution in [0.1, 0.15) is 25.0 Å². The van der Waals surface area contributed by atoms with Crippen LogP contribution < -0.4 is 14.3 Å². The molecule has 0 saturated carbocycles. The van der Waals surface area contributed by atoms with Crippen LogP contribution >= 0.6 is 11.3 Å². The van der Waals surface area contributed by atoms with Crippen LogP contribution in [0, 0.1) is 0 Å². The van der Waals surface area contributed by atoms with Gasteiger partial charge in [-0.1, -0.05) is 30.4 Å². The largest absolute Gasteiger partial charge is 0.465 e. The molecule has 1 aliphatic rings. The number of carbonyl (C=O) groups is 2. The van der Waals surface area contributed by atoms with Crippen molar-refractivity contribution < 1.29 is 23.8 Å². The van der Waals surface area contributed by atoms with Crippen LogP contribution in [0.25, 0.3) is 16.3 Å². The summed E-state index contributed by atoms with van der Waals surface area (Å²) in [6.45, 7) is 4.33. The lowest BCUT2D eigenvalue weighted by molar-refractivity contribution is -0.143. The Kier molecular flexibility index (Phi) is 6.18. The lowest BCUT2D eigenvalue weighted by Gasteiger charge is -2.05. The lowest BCUT2D eigenvalue weighted by atomic mass is 10.2. The monoisotopic (exact) mass is 438 g/mol. The highest BCUT2D eigenvalue weighted by Crippen LogP contribution is 2.32. The van der Waals surface area contributed by atoms with E-state index in [4.69, 9.17) is 14.2 Å². The van der Waals surface area contributed by atoms with Gasteiger partial charge in [-0.05, 0) is 54.8 Å². The van der Waals surface area contributed by atoms with Crippen molar-refractivity contribution in [3.8, 4) is 11.5 Å². The Labute approximate surface area is 183 Å². The first-order valence-corrected chi connectivity index (χ1v) is 10.8. The zero-order chi connectivity index (χ0) is 21.8. The molecule has 2 aromatic carbocycles. The summed E-state index contributed by atoms with van der Waals surface area (Å²) in [6.07, 6.45) is 3.97. The van der Waals surface area contributed by atoms with E-state index in [1.165, 1.54) is 23.0 Å². The molecule has 0 spiro atoms. The van der Waals surface area contributed by atoms with Crippen LogP contribution in [-0.2, 0) is 27.3 Å². The zero-order valence-corrected chi connectivity index (χ0v) is 18.1. The molecule has 7 nitrogen and oxygen atoms in total. The van der Waals surface area contributed by atoms with E-state index in [2.05, 4.69) is 18.0 Å². The fraction of sp³-hybridized carbons (Fsp3) is 0.261. The van der Waals surface area contributed by atoms with Crippen LogP contribution in [0.5, 0.6) is 11.5 Å². The minimum atomic E-state index is -0.419. The summed E-state index contributed by atoms with van der Waals surface area (Å²) < 4.78 is 18.4. The van der Waals surface area contributed by atoms with Crippen molar-refractivity contribution in [3.63, 3.8) is 0 Å². The highest BCUT2D eigenvalue weighted by atomic mass is 32.1. The van der Waals surface area contributed by atoms with E-state index in [1.807, 2.05) is 18.2 Å². The number of aryl methyl sites for hydroxylation is 1. The van der Waals surface area contributed by atoms with Gasteiger partial charge < -0.3 is 18.8 Å². The number of nitrogens with zero attached hydrogens (tertiary/aromatic N) is 2. The summed E-state index contributed by atoms with van der Waals surface area (Å²) in [7, 11) is 0. The van der Waals surface area contributed by atoms with E-state index in [0.29, 0.717) is 22.9 Å². The Balaban J connectivity index is 1.66. The molecule has 31 heavy (non-hydrogen) atoms. The summed E-state index contributed by atoms with van der Waals surface area (Å²) >= 11 is 1.38. The molecule has 0 radical (unpaired) electrons. The van der Waals surface area contributed by atoms with Gasteiger partial charge in [-0.25, -0.2) is 0 Å². The first-order chi connectivity index (χ1) is 15.1. The van der Waals surface area contributed by atoms with E-state index in [-0.39, 0.29) is 19.3 Å². The molecule has 1 aliphatic heterocycles. The zero-order valence-electron chi connectivity index (χ0n) is 17.3. The third-order valence-corrected chi connectivity index (χ3v) is 5.81. The fourth-order valence-corrected chi connectivity index (χ4v) is 4.33. The quantitative estimate of drug-likeness (QED) is 0.433. The number of esters is 1. The maximum Gasteiger partial charge on any atom is 0.326 e. The molecular formula is C23H22N2O5S. The smallest absolute Gasteiger partial charge is 0.326 e. The molecule has 0 unspecified atom stereocenters. The molecule has 0 fully saturated rings. The Morgan fingerprint density at radius 1 is 1.16 bits per heavy atom. The predicted molar refractivity (Wildman–Crippen MR) is 118 cm³/mol. The van der Waals surface area contributed by atoms with Gasteiger partial charge in [0.1, 0.15) is 6.54 Å². The van der Waals surface area contributed by atoms with Gasteiger partial charge in [-0.3, -0.25) is 9.59 Å². The van der Waals surface area contributed by atoms with Crippen LogP contribution in [0.2, 0.25) is 0 Å². The molecule has 1 amide bonds. The maximum absolute atomic E-state index is 12.6. The molecule has 0 bridgehead atoms.